The molecule has 0 fully saturated rings. The molecular weight excluding hydrogens is 342 g/mol. The van der Waals surface area contributed by atoms with E-state index in [4.69, 9.17) is 11.6 Å². The van der Waals surface area contributed by atoms with Gasteiger partial charge in [-0.25, -0.2) is 0 Å². The zero-order chi connectivity index (χ0) is 13.8. The normalized spacial score (nSPS) is 11.0. The molecule has 0 N–H and O–H groups in total. The van der Waals surface area contributed by atoms with Gasteiger partial charge in [0, 0.05) is 27.0 Å². The Hall–Kier alpha value is -0.510. The van der Waals surface area contributed by atoms with Gasteiger partial charge >= 0.3 is 0 Å². The number of nitrogens with zero attached hydrogens (tertiary/aromatic N) is 1. The van der Waals surface area contributed by atoms with Gasteiger partial charge in [0.2, 0.25) is 0 Å². The zero-order valence-corrected chi connectivity index (χ0v) is 14.2. The van der Waals surface area contributed by atoms with Gasteiger partial charge in [-0.3, -0.25) is 0 Å². The molecule has 102 valence electrons. The Morgan fingerprint density at radius 2 is 2.11 bits per heavy atom. The van der Waals surface area contributed by atoms with Crippen LogP contribution in [0.15, 0.2) is 40.2 Å². The van der Waals surface area contributed by atoms with Crippen molar-refractivity contribution < 1.29 is 0 Å². The second-order valence-corrected chi connectivity index (χ2v) is 6.86. The third-order valence-corrected chi connectivity index (χ3v) is 4.93. The number of anilines is 1. The van der Waals surface area contributed by atoms with E-state index in [2.05, 4.69) is 70.4 Å². The summed E-state index contributed by atoms with van der Waals surface area (Å²) in [5.74, 6) is 0.535. The van der Waals surface area contributed by atoms with Gasteiger partial charge in [-0.05, 0) is 43.0 Å². The van der Waals surface area contributed by atoms with Gasteiger partial charge in [-0.1, -0.05) is 28.1 Å². The predicted octanol–water partition coefficient (Wildman–Crippen LogP) is 5.66. The Kier molecular flexibility index (Phi) is 5.31. The molecule has 0 bridgehead atoms. The predicted molar refractivity (Wildman–Crippen MR) is 89.3 cm³/mol. The van der Waals surface area contributed by atoms with Crippen LogP contribution in [0.1, 0.15) is 24.3 Å². The van der Waals surface area contributed by atoms with Crippen LogP contribution in [0.4, 0.5) is 5.69 Å². The molecule has 1 aromatic heterocycles. The van der Waals surface area contributed by atoms with Crippen LogP contribution in [0.2, 0.25) is 0 Å². The summed E-state index contributed by atoms with van der Waals surface area (Å²) in [6.07, 6.45) is 0. The van der Waals surface area contributed by atoms with Crippen molar-refractivity contribution in [3.63, 3.8) is 0 Å². The van der Waals surface area contributed by atoms with Crippen LogP contribution in [0.5, 0.6) is 0 Å². The number of rotatable bonds is 5. The maximum Gasteiger partial charge on any atom is 0.0525 e. The van der Waals surface area contributed by atoms with Crippen molar-refractivity contribution in [3.8, 4) is 0 Å². The van der Waals surface area contributed by atoms with Gasteiger partial charge in [0.15, 0.2) is 0 Å². The molecule has 19 heavy (non-hydrogen) atoms. The first-order chi connectivity index (χ1) is 9.11. The average Bonchev–Trinajstić information content (AvgIpc) is 2.88. The largest absolute Gasteiger partial charge is 0.364 e. The van der Waals surface area contributed by atoms with Gasteiger partial charge in [0.1, 0.15) is 0 Å². The van der Waals surface area contributed by atoms with Crippen LogP contribution in [-0.4, -0.2) is 6.04 Å². The minimum absolute atomic E-state index is 0.454. The molecule has 0 aliphatic rings. The third kappa shape index (κ3) is 3.74. The van der Waals surface area contributed by atoms with E-state index >= 15 is 0 Å². The maximum atomic E-state index is 5.90. The monoisotopic (exact) mass is 357 g/mol. The van der Waals surface area contributed by atoms with Crippen molar-refractivity contribution in [1.29, 1.82) is 0 Å². The zero-order valence-electron chi connectivity index (χ0n) is 11.1. The van der Waals surface area contributed by atoms with Gasteiger partial charge in [-0.2, -0.15) is 0 Å². The summed E-state index contributed by atoms with van der Waals surface area (Å²) in [6.45, 7) is 5.38. The summed E-state index contributed by atoms with van der Waals surface area (Å²) in [5.41, 5.74) is 2.36. The average molecular weight is 359 g/mol. The summed E-state index contributed by atoms with van der Waals surface area (Å²) in [4.78, 5) is 3.78. The van der Waals surface area contributed by atoms with E-state index in [1.54, 1.807) is 11.3 Å². The highest BCUT2D eigenvalue weighted by Gasteiger charge is 2.13. The van der Waals surface area contributed by atoms with Crippen LogP contribution in [0.25, 0.3) is 0 Å². The number of hydrogen-bond donors (Lipinski definition) is 0. The molecule has 1 nitrogen and oxygen atoms in total. The molecule has 0 saturated heterocycles. The van der Waals surface area contributed by atoms with E-state index in [0.717, 1.165) is 16.6 Å². The van der Waals surface area contributed by atoms with E-state index in [9.17, 15) is 0 Å². The molecule has 4 heteroatoms. The Morgan fingerprint density at radius 3 is 2.63 bits per heavy atom. The molecule has 0 aliphatic carbocycles. The molecule has 0 amide bonds. The van der Waals surface area contributed by atoms with Crippen LogP contribution in [-0.2, 0) is 12.4 Å². The quantitative estimate of drug-likeness (QED) is 0.623. The Bertz CT molecular complexity index is 525. The van der Waals surface area contributed by atoms with Crippen molar-refractivity contribution in [3.05, 3.63) is 50.6 Å². The first-order valence-corrected chi connectivity index (χ1v) is 8.46. The highest BCUT2D eigenvalue weighted by Crippen LogP contribution is 2.28. The highest BCUT2D eigenvalue weighted by atomic mass is 79.9. The summed E-state index contributed by atoms with van der Waals surface area (Å²) >= 11 is 11.3. The minimum atomic E-state index is 0.454. The van der Waals surface area contributed by atoms with Crippen molar-refractivity contribution in [2.45, 2.75) is 32.3 Å². The number of benzene rings is 1. The van der Waals surface area contributed by atoms with Crippen molar-refractivity contribution in [2.24, 2.45) is 0 Å². The van der Waals surface area contributed by atoms with E-state index < -0.39 is 0 Å². The second-order valence-electron chi connectivity index (χ2n) is 4.71. The number of halogens is 2. The van der Waals surface area contributed by atoms with Crippen molar-refractivity contribution in [2.75, 3.05) is 4.90 Å². The lowest BCUT2D eigenvalue weighted by Crippen LogP contribution is -2.29. The van der Waals surface area contributed by atoms with Crippen molar-refractivity contribution in [1.82, 2.24) is 0 Å². The van der Waals surface area contributed by atoms with E-state index in [1.165, 1.54) is 10.6 Å². The van der Waals surface area contributed by atoms with Gasteiger partial charge in [0.25, 0.3) is 0 Å². The van der Waals surface area contributed by atoms with Gasteiger partial charge < -0.3 is 4.90 Å². The summed E-state index contributed by atoms with van der Waals surface area (Å²) < 4.78 is 1.08. The standard InChI is InChI=1S/C15H17BrClNS/c1-11(2)18(10-14-4-3-7-19-14)13-6-5-12(9-17)15(16)8-13/h3-8,11H,9-10H2,1-2H3. The topological polar surface area (TPSA) is 3.24 Å². The van der Waals surface area contributed by atoms with Crippen molar-refractivity contribution >= 4 is 44.6 Å². The molecule has 2 rings (SSSR count). The molecule has 1 aromatic carbocycles. The number of alkyl halides is 1. The molecule has 1 heterocycles. The smallest absolute Gasteiger partial charge is 0.0525 e. The molecule has 0 spiro atoms. The van der Waals surface area contributed by atoms with E-state index in [0.29, 0.717) is 11.9 Å². The van der Waals surface area contributed by atoms with Gasteiger partial charge in [-0.15, -0.1) is 22.9 Å². The molecule has 0 atom stereocenters. The summed E-state index contributed by atoms with van der Waals surface area (Å²) in [7, 11) is 0. The fourth-order valence-corrected chi connectivity index (χ4v) is 3.57. The minimum Gasteiger partial charge on any atom is -0.364 e. The molecule has 0 radical (unpaired) electrons. The molecule has 0 unspecified atom stereocenters. The first kappa shape index (κ1) is 14.9. The Morgan fingerprint density at radius 1 is 1.32 bits per heavy atom. The third-order valence-electron chi connectivity index (χ3n) is 3.04. The Balaban J connectivity index is 2.26. The van der Waals surface area contributed by atoms with Crippen LogP contribution in [0, 0.1) is 0 Å². The second kappa shape index (κ2) is 6.78. The fourth-order valence-electron chi connectivity index (χ4n) is 1.97. The lowest BCUT2D eigenvalue weighted by atomic mass is 10.2. The summed E-state index contributed by atoms with van der Waals surface area (Å²) in [5, 5.41) is 2.13. The lowest BCUT2D eigenvalue weighted by molar-refractivity contribution is 0.687. The van der Waals surface area contributed by atoms with E-state index in [-0.39, 0.29) is 0 Å². The van der Waals surface area contributed by atoms with Crippen LogP contribution >= 0.6 is 38.9 Å². The van der Waals surface area contributed by atoms with Crippen LogP contribution < -0.4 is 4.90 Å². The molecule has 0 saturated carbocycles. The van der Waals surface area contributed by atoms with E-state index in [1.807, 2.05) is 0 Å². The number of hydrogen-bond acceptors (Lipinski definition) is 2. The molecule has 0 aliphatic heterocycles. The van der Waals surface area contributed by atoms with Crippen LogP contribution in [0.3, 0.4) is 0 Å². The molecule has 2 aromatic rings. The fraction of sp³-hybridized carbons (Fsp3) is 0.333. The Labute approximate surface area is 132 Å². The highest BCUT2D eigenvalue weighted by molar-refractivity contribution is 9.10. The summed E-state index contributed by atoms with van der Waals surface area (Å²) in [6, 6.07) is 11.1. The molecular formula is C15H17BrClNS. The number of thiophene rings is 1. The maximum absolute atomic E-state index is 5.90. The van der Waals surface area contributed by atoms with Gasteiger partial charge in [0.05, 0.1) is 6.54 Å². The lowest BCUT2D eigenvalue weighted by Gasteiger charge is -2.29. The SMILES string of the molecule is CC(C)N(Cc1cccs1)c1ccc(CCl)c(Br)c1. The first-order valence-electron chi connectivity index (χ1n) is 6.25.